The van der Waals surface area contributed by atoms with Crippen LogP contribution in [-0.2, 0) is 6.42 Å². The number of hydrogen-bond acceptors (Lipinski definition) is 4. The van der Waals surface area contributed by atoms with Gasteiger partial charge in [0.05, 0.1) is 6.20 Å². The summed E-state index contributed by atoms with van der Waals surface area (Å²) in [5.41, 5.74) is 8.29. The number of nitrogen functional groups attached to an aromatic ring is 1. The minimum atomic E-state index is 0.241. The molecule has 17 heavy (non-hydrogen) atoms. The fraction of sp³-hybridized carbons (Fsp3) is 0.154. The Labute approximate surface area is 99.8 Å². The van der Waals surface area contributed by atoms with Gasteiger partial charge in [0.2, 0.25) is 0 Å². The molecule has 0 aliphatic heterocycles. The number of nitrogens with zero attached hydrogens (tertiary/aromatic N) is 3. The van der Waals surface area contributed by atoms with Gasteiger partial charge in [0.1, 0.15) is 23.3 Å². The second kappa shape index (κ2) is 4.62. The number of nitrogens with two attached hydrogens (primary N) is 1. The van der Waals surface area contributed by atoms with Crippen LogP contribution in [-0.4, -0.2) is 9.97 Å². The molecular formula is C13H12N4. The summed E-state index contributed by atoms with van der Waals surface area (Å²) in [6, 6.07) is 10.1. The van der Waals surface area contributed by atoms with Gasteiger partial charge in [0.25, 0.3) is 0 Å². The molecule has 0 radical (unpaired) electrons. The molecular weight excluding hydrogens is 212 g/mol. The van der Waals surface area contributed by atoms with Crippen LogP contribution in [0.5, 0.6) is 0 Å². The standard InChI is InChI=1S/C13H12N4/c1-9-3-2-4-10(5-9)6-12-16-8-11(7-14)13(15)17-12/h2-5,8H,6H2,1H3,(H2,15,16,17). The second-order valence-corrected chi connectivity index (χ2v) is 3.86. The van der Waals surface area contributed by atoms with E-state index in [4.69, 9.17) is 11.0 Å². The van der Waals surface area contributed by atoms with Gasteiger partial charge in [-0.2, -0.15) is 5.26 Å². The van der Waals surface area contributed by atoms with Gasteiger partial charge in [0, 0.05) is 6.42 Å². The van der Waals surface area contributed by atoms with Gasteiger partial charge in [-0.25, -0.2) is 9.97 Å². The van der Waals surface area contributed by atoms with Crippen molar-refractivity contribution in [3.63, 3.8) is 0 Å². The number of hydrogen-bond donors (Lipinski definition) is 1. The maximum Gasteiger partial charge on any atom is 0.145 e. The van der Waals surface area contributed by atoms with E-state index >= 15 is 0 Å². The Bertz CT molecular complexity index is 584. The Morgan fingerprint density at radius 3 is 2.88 bits per heavy atom. The third-order valence-electron chi connectivity index (χ3n) is 2.43. The van der Waals surface area contributed by atoms with Crippen molar-refractivity contribution in [1.29, 1.82) is 5.26 Å². The van der Waals surface area contributed by atoms with Crippen molar-refractivity contribution in [2.75, 3.05) is 5.73 Å². The molecule has 4 heteroatoms. The SMILES string of the molecule is Cc1cccc(Cc2ncc(C#N)c(N)n2)c1. The smallest absolute Gasteiger partial charge is 0.145 e. The fourth-order valence-electron chi connectivity index (χ4n) is 1.61. The predicted octanol–water partition coefficient (Wildman–Crippen LogP) is 1.83. The zero-order chi connectivity index (χ0) is 12.3. The van der Waals surface area contributed by atoms with Crippen molar-refractivity contribution >= 4 is 5.82 Å². The molecule has 2 rings (SSSR count). The Hall–Kier alpha value is -2.41. The lowest BCUT2D eigenvalue weighted by Gasteiger charge is -2.03. The number of nitriles is 1. The van der Waals surface area contributed by atoms with Gasteiger partial charge in [0.15, 0.2) is 0 Å². The molecule has 4 nitrogen and oxygen atoms in total. The highest BCUT2D eigenvalue weighted by atomic mass is 14.9. The fourth-order valence-corrected chi connectivity index (χ4v) is 1.61. The lowest BCUT2D eigenvalue weighted by atomic mass is 10.1. The first-order valence-electron chi connectivity index (χ1n) is 5.26. The first kappa shape index (κ1) is 11.1. The molecule has 1 aromatic carbocycles. The number of anilines is 1. The van der Waals surface area contributed by atoms with Gasteiger partial charge >= 0.3 is 0 Å². The topological polar surface area (TPSA) is 75.6 Å². The molecule has 0 spiro atoms. The van der Waals surface area contributed by atoms with E-state index in [1.165, 1.54) is 11.8 Å². The summed E-state index contributed by atoms with van der Waals surface area (Å²) in [5.74, 6) is 0.872. The molecule has 0 bridgehead atoms. The summed E-state index contributed by atoms with van der Waals surface area (Å²) in [7, 11) is 0. The van der Waals surface area contributed by atoms with E-state index in [0.717, 1.165) is 5.56 Å². The average molecular weight is 224 g/mol. The van der Waals surface area contributed by atoms with E-state index in [0.29, 0.717) is 17.8 Å². The van der Waals surface area contributed by atoms with Crippen molar-refractivity contribution in [1.82, 2.24) is 9.97 Å². The van der Waals surface area contributed by atoms with Crippen LogP contribution in [0, 0.1) is 18.3 Å². The summed E-state index contributed by atoms with van der Waals surface area (Å²) in [6.07, 6.45) is 2.09. The van der Waals surface area contributed by atoms with E-state index in [9.17, 15) is 0 Å². The van der Waals surface area contributed by atoms with Crippen molar-refractivity contribution < 1.29 is 0 Å². The Kier molecular flexibility index (Phi) is 3.01. The molecule has 0 aliphatic rings. The number of aromatic nitrogens is 2. The maximum atomic E-state index is 8.73. The van der Waals surface area contributed by atoms with Crippen LogP contribution in [0.1, 0.15) is 22.5 Å². The molecule has 0 aliphatic carbocycles. The molecule has 0 saturated carbocycles. The van der Waals surface area contributed by atoms with Crippen LogP contribution in [0.2, 0.25) is 0 Å². The second-order valence-electron chi connectivity index (χ2n) is 3.86. The summed E-state index contributed by atoms with van der Waals surface area (Å²) in [4.78, 5) is 8.23. The molecule has 0 fully saturated rings. The molecule has 84 valence electrons. The van der Waals surface area contributed by atoms with Crippen LogP contribution in [0.15, 0.2) is 30.5 Å². The van der Waals surface area contributed by atoms with Gasteiger partial charge in [-0.3, -0.25) is 0 Å². The van der Waals surface area contributed by atoms with Gasteiger partial charge in [-0.15, -0.1) is 0 Å². The van der Waals surface area contributed by atoms with Crippen LogP contribution in [0.4, 0.5) is 5.82 Å². The van der Waals surface area contributed by atoms with E-state index in [1.54, 1.807) is 0 Å². The molecule has 0 atom stereocenters. The van der Waals surface area contributed by atoms with E-state index in [1.807, 2.05) is 31.2 Å². The van der Waals surface area contributed by atoms with Crippen LogP contribution < -0.4 is 5.73 Å². The molecule has 1 aromatic heterocycles. The molecule has 0 saturated heterocycles. The normalized spacial score (nSPS) is 9.88. The Morgan fingerprint density at radius 1 is 1.41 bits per heavy atom. The summed E-state index contributed by atoms with van der Waals surface area (Å²) < 4.78 is 0. The predicted molar refractivity (Wildman–Crippen MR) is 65.1 cm³/mol. The van der Waals surface area contributed by atoms with Crippen molar-refractivity contribution in [2.24, 2.45) is 0 Å². The highest BCUT2D eigenvalue weighted by molar-refractivity contribution is 5.46. The minimum absolute atomic E-state index is 0.241. The number of aryl methyl sites for hydroxylation is 1. The molecule has 2 aromatic rings. The quantitative estimate of drug-likeness (QED) is 0.844. The first-order valence-corrected chi connectivity index (χ1v) is 5.26. The van der Waals surface area contributed by atoms with E-state index in [-0.39, 0.29) is 5.82 Å². The zero-order valence-electron chi connectivity index (χ0n) is 9.51. The van der Waals surface area contributed by atoms with E-state index in [2.05, 4.69) is 16.0 Å². The molecule has 0 amide bonds. The third-order valence-corrected chi connectivity index (χ3v) is 2.43. The molecule has 2 N–H and O–H groups in total. The maximum absolute atomic E-state index is 8.73. The summed E-state index contributed by atoms with van der Waals surface area (Å²) >= 11 is 0. The summed E-state index contributed by atoms with van der Waals surface area (Å²) in [6.45, 7) is 2.04. The Morgan fingerprint density at radius 2 is 2.24 bits per heavy atom. The lowest BCUT2D eigenvalue weighted by Crippen LogP contribution is -2.02. The van der Waals surface area contributed by atoms with Crippen molar-refractivity contribution in [3.05, 3.63) is 53.0 Å². The monoisotopic (exact) mass is 224 g/mol. The lowest BCUT2D eigenvalue weighted by molar-refractivity contribution is 0.968. The van der Waals surface area contributed by atoms with Crippen LogP contribution in [0.3, 0.4) is 0 Å². The van der Waals surface area contributed by atoms with Gasteiger partial charge in [-0.1, -0.05) is 29.8 Å². The van der Waals surface area contributed by atoms with E-state index < -0.39 is 0 Å². The minimum Gasteiger partial charge on any atom is -0.382 e. The van der Waals surface area contributed by atoms with Gasteiger partial charge < -0.3 is 5.73 Å². The van der Waals surface area contributed by atoms with Gasteiger partial charge in [-0.05, 0) is 12.5 Å². The van der Waals surface area contributed by atoms with Crippen LogP contribution in [0.25, 0.3) is 0 Å². The average Bonchev–Trinajstić information content (AvgIpc) is 2.29. The largest absolute Gasteiger partial charge is 0.382 e. The third kappa shape index (κ3) is 2.58. The van der Waals surface area contributed by atoms with Crippen LogP contribution >= 0.6 is 0 Å². The molecule has 0 unspecified atom stereocenters. The van der Waals surface area contributed by atoms with Crippen molar-refractivity contribution in [2.45, 2.75) is 13.3 Å². The highest BCUT2D eigenvalue weighted by Gasteiger charge is 2.04. The first-order chi connectivity index (χ1) is 8.19. The van der Waals surface area contributed by atoms with Crippen molar-refractivity contribution in [3.8, 4) is 6.07 Å². The highest BCUT2D eigenvalue weighted by Crippen LogP contribution is 2.11. The summed E-state index contributed by atoms with van der Waals surface area (Å²) in [5, 5.41) is 8.73. The zero-order valence-corrected chi connectivity index (χ0v) is 9.51. The Balaban J connectivity index is 2.25. The number of rotatable bonds is 2. The molecule has 1 heterocycles. The number of benzene rings is 1.